The van der Waals surface area contributed by atoms with Crippen LogP contribution < -0.4 is 0 Å². The van der Waals surface area contributed by atoms with Gasteiger partial charge in [0.15, 0.2) is 4.60 Å². The number of aryl methyl sites for hydroxylation is 1. The molecule has 0 aliphatic rings. The molecule has 0 fully saturated rings. The first-order valence-corrected chi connectivity index (χ1v) is 5.53. The van der Waals surface area contributed by atoms with Crippen molar-refractivity contribution >= 4 is 15.9 Å². The van der Waals surface area contributed by atoms with E-state index in [1.54, 1.807) is 4.68 Å². The summed E-state index contributed by atoms with van der Waals surface area (Å²) in [6.07, 6.45) is 1.29. The SMILES string of the molecule is CC(C)C(O)CCc1c(Br)nnn1C. The lowest BCUT2D eigenvalue weighted by Crippen LogP contribution is -2.16. The van der Waals surface area contributed by atoms with E-state index in [4.69, 9.17) is 0 Å². The van der Waals surface area contributed by atoms with Crippen molar-refractivity contribution < 1.29 is 5.11 Å². The second kappa shape index (κ2) is 4.89. The highest BCUT2D eigenvalue weighted by Gasteiger charge is 2.13. The van der Waals surface area contributed by atoms with Crippen LogP contribution in [0.1, 0.15) is 26.0 Å². The van der Waals surface area contributed by atoms with Gasteiger partial charge in [-0.05, 0) is 34.7 Å². The average Bonchev–Trinajstić information content (AvgIpc) is 2.43. The smallest absolute Gasteiger partial charge is 0.151 e. The molecule has 0 saturated heterocycles. The van der Waals surface area contributed by atoms with Crippen molar-refractivity contribution in [3.63, 3.8) is 0 Å². The fourth-order valence-electron chi connectivity index (χ4n) is 1.23. The van der Waals surface area contributed by atoms with Crippen molar-refractivity contribution in [2.45, 2.75) is 32.8 Å². The molecule has 0 aliphatic heterocycles. The number of hydrogen-bond acceptors (Lipinski definition) is 3. The van der Waals surface area contributed by atoms with Gasteiger partial charge in [0, 0.05) is 7.05 Å². The van der Waals surface area contributed by atoms with Crippen molar-refractivity contribution in [1.29, 1.82) is 0 Å². The fraction of sp³-hybridized carbons (Fsp3) is 0.778. The first-order valence-electron chi connectivity index (χ1n) is 4.74. The summed E-state index contributed by atoms with van der Waals surface area (Å²) in [5.74, 6) is 0.301. The minimum Gasteiger partial charge on any atom is -0.393 e. The number of aromatic nitrogens is 3. The van der Waals surface area contributed by atoms with Gasteiger partial charge in [0.25, 0.3) is 0 Å². The quantitative estimate of drug-likeness (QED) is 0.895. The standard InChI is InChI=1S/C9H16BrN3O/c1-6(2)8(14)5-4-7-9(10)11-12-13(7)3/h6,8,14H,4-5H2,1-3H3. The minimum atomic E-state index is -0.253. The summed E-state index contributed by atoms with van der Waals surface area (Å²) < 4.78 is 2.51. The van der Waals surface area contributed by atoms with Crippen molar-refractivity contribution in [2.24, 2.45) is 13.0 Å². The van der Waals surface area contributed by atoms with Crippen LogP contribution in [-0.4, -0.2) is 26.2 Å². The fourth-order valence-corrected chi connectivity index (χ4v) is 1.76. The second-order valence-electron chi connectivity index (χ2n) is 3.80. The molecule has 1 heterocycles. The van der Waals surface area contributed by atoms with Crippen LogP contribution in [0.25, 0.3) is 0 Å². The first kappa shape index (κ1) is 11.7. The Hall–Kier alpha value is -0.420. The Morgan fingerprint density at radius 1 is 1.50 bits per heavy atom. The Morgan fingerprint density at radius 3 is 2.57 bits per heavy atom. The van der Waals surface area contributed by atoms with Crippen LogP contribution in [-0.2, 0) is 13.5 Å². The van der Waals surface area contributed by atoms with Crippen LogP contribution in [0.15, 0.2) is 4.60 Å². The molecule has 0 radical (unpaired) electrons. The normalized spacial score (nSPS) is 13.6. The molecule has 4 nitrogen and oxygen atoms in total. The summed E-state index contributed by atoms with van der Waals surface area (Å²) in [4.78, 5) is 0. The lowest BCUT2D eigenvalue weighted by atomic mass is 10.0. The Balaban J connectivity index is 2.53. The van der Waals surface area contributed by atoms with Crippen molar-refractivity contribution in [3.05, 3.63) is 10.3 Å². The lowest BCUT2D eigenvalue weighted by Gasteiger charge is -2.13. The van der Waals surface area contributed by atoms with Gasteiger partial charge >= 0.3 is 0 Å². The number of nitrogens with zero attached hydrogens (tertiary/aromatic N) is 3. The van der Waals surface area contributed by atoms with Crippen molar-refractivity contribution in [1.82, 2.24) is 15.0 Å². The summed E-state index contributed by atoms with van der Waals surface area (Å²) in [6.45, 7) is 4.03. The number of halogens is 1. The van der Waals surface area contributed by atoms with Gasteiger partial charge in [-0.15, -0.1) is 5.10 Å². The summed E-state index contributed by atoms with van der Waals surface area (Å²) >= 11 is 3.33. The summed E-state index contributed by atoms with van der Waals surface area (Å²) in [7, 11) is 1.86. The van der Waals surface area contributed by atoms with Crippen molar-refractivity contribution in [2.75, 3.05) is 0 Å². The zero-order valence-corrected chi connectivity index (χ0v) is 10.3. The van der Waals surface area contributed by atoms with E-state index in [9.17, 15) is 5.11 Å². The van der Waals surface area contributed by atoms with Gasteiger partial charge in [0.05, 0.1) is 11.8 Å². The van der Waals surface area contributed by atoms with Crippen LogP contribution in [0.2, 0.25) is 0 Å². The van der Waals surface area contributed by atoms with Gasteiger partial charge in [-0.25, -0.2) is 0 Å². The monoisotopic (exact) mass is 261 g/mol. The second-order valence-corrected chi connectivity index (χ2v) is 4.55. The molecule has 0 aliphatic carbocycles. The zero-order valence-electron chi connectivity index (χ0n) is 8.74. The maximum absolute atomic E-state index is 9.64. The molecule has 1 unspecified atom stereocenters. The third-order valence-corrected chi connectivity index (χ3v) is 2.96. The van der Waals surface area contributed by atoms with Crippen LogP contribution in [0.4, 0.5) is 0 Å². The Labute approximate surface area is 92.4 Å². The van der Waals surface area contributed by atoms with Crippen LogP contribution >= 0.6 is 15.9 Å². The van der Waals surface area contributed by atoms with E-state index in [1.165, 1.54) is 0 Å². The van der Waals surface area contributed by atoms with E-state index in [2.05, 4.69) is 26.2 Å². The molecular formula is C9H16BrN3O. The molecule has 14 heavy (non-hydrogen) atoms. The highest BCUT2D eigenvalue weighted by atomic mass is 79.9. The molecule has 1 atom stereocenters. The van der Waals surface area contributed by atoms with Gasteiger partial charge in [-0.1, -0.05) is 19.1 Å². The number of aliphatic hydroxyl groups excluding tert-OH is 1. The average molecular weight is 262 g/mol. The minimum absolute atomic E-state index is 0.253. The molecule has 0 spiro atoms. The zero-order chi connectivity index (χ0) is 10.7. The highest BCUT2D eigenvalue weighted by Crippen LogP contribution is 2.16. The Kier molecular flexibility index (Phi) is 4.07. The topological polar surface area (TPSA) is 50.9 Å². The molecular weight excluding hydrogens is 246 g/mol. The van der Waals surface area contributed by atoms with Crippen LogP contribution in [0.5, 0.6) is 0 Å². The molecule has 1 N–H and O–H groups in total. The Morgan fingerprint density at radius 2 is 2.14 bits per heavy atom. The summed E-state index contributed by atoms with van der Waals surface area (Å²) in [5, 5.41) is 17.4. The third kappa shape index (κ3) is 2.78. The molecule has 1 aromatic rings. The molecule has 5 heteroatoms. The maximum atomic E-state index is 9.64. The van der Waals surface area contributed by atoms with Crippen LogP contribution in [0.3, 0.4) is 0 Å². The molecule has 0 amide bonds. The molecule has 80 valence electrons. The molecule has 0 aromatic carbocycles. The van der Waals surface area contributed by atoms with E-state index in [0.717, 1.165) is 23.1 Å². The maximum Gasteiger partial charge on any atom is 0.151 e. The number of rotatable bonds is 4. The lowest BCUT2D eigenvalue weighted by molar-refractivity contribution is 0.116. The third-order valence-electron chi connectivity index (χ3n) is 2.34. The van der Waals surface area contributed by atoms with E-state index in [0.29, 0.717) is 5.92 Å². The summed E-state index contributed by atoms with van der Waals surface area (Å²) in [6, 6.07) is 0. The van der Waals surface area contributed by atoms with Gasteiger partial charge in [0.2, 0.25) is 0 Å². The molecule has 0 bridgehead atoms. The highest BCUT2D eigenvalue weighted by molar-refractivity contribution is 9.10. The number of aliphatic hydroxyl groups is 1. The molecule has 0 saturated carbocycles. The predicted molar refractivity (Wildman–Crippen MR) is 57.9 cm³/mol. The van der Waals surface area contributed by atoms with Gasteiger partial charge < -0.3 is 5.11 Å². The van der Waals surface area contributed by atoms with Gasteiger partial charge in [0.1, 0.15) is 0 Å². The van der Waals surface area contributed by atoms with E-state index in [-0.39, 0.29) is 6.10 Å². The Bertz CT molecular complexity index is 279. The van der Waals surface area contributed by atoms with E-state index in [1.807, 2.05) is 20.9 Å². The van der Waals surface area contributed by atoms with Gasteiger partial charge in [-0.2, -0.15) is 0 Å². The summed E-state index contributed by atoms with van der Waals surface area (Å²) in [5.41, 5.74) is 1.03. The number of hydrogen-bond donors (Lipinski definition) is 1. The molecule has 1 rings (SSSR count). The predicted octanol–water partition coefficient (Wildman–Crippen LogP) is 1.53. The largest absolute Gasteiger partial charge is 0.393 e. The van der Waals surface area contributed by atoms with Crippen molar-refractivity contribution in [3.8, 4) is 0 Å². The van der Waals surface area contributed by atoms with E-state index < -0.39 is 0 Å². The molecule has 1 aromatic heterocycles. The first-order chi connectivity index (χ1) is 6.52. The van der Waals surface area contributed by atoms with Crippen LogP contribution in [0, 0.1) is 5.92 Å². The van der Waals surface area contributed by atoms with Gasteiger partial charge in [-0.3, -0.25) is 4.68 Å². The van der Waals surface area contributed by atoms with E-state index >= 15 is 0 Å².